The van der Waals surface area contributed by atoms with Gasteiger partial charge in [-0.2, -0.15) is 0 Å². The van der Waals surface area contributed by atoms with Gasteiger partial charge in [0.2, 0.25) is 0 Å². The highest BCUT2D eigenvalue weighted by Gasteiger charge is 2.73. The molecule has 0 N–H and O–H groups in total. The van der Waals surface area contributed by atoms with E-state index in [4.69, 9.17) is 0 Å². The summed E-state index contributed by atoms with van der Waals surface area (Å²) in [7, 11) is -2.98. The van der Waals surface area contributed by atoms with Crippen molar-refractivity contribution in [3.05, 3.63) is 12.7 Å². The van der Waals surface area contributed by atoms with Crippen LogP contribution in [0.4, 0.5) is 0 Å². The van der Waals surface area contributed by atoms with Crippen LogP contribution in [-0.2, 0) is 18.1 Å². The van der Waals surface area contributed by atoms with Crippen LogP contribution < -0.4 is 0 Å². The molecule has 0 radical (unpaired) electrons. The summed E-state index contributed by atoms with van der Waals surface area (Å²) in [5.74, 6) is -1.13. The van der Waals surface area contributed by atoms with Gasteiger partial charge in [-0.1, -0.05) is 6.58 Å². The van der Waals surface area contributed by atoms with Gasteiger partial charge in [-0.15, -0.1) is 0 Å². The Morgan fingerprint density at radius 3 is 2.12 bits per heavy atom. The Bertz CT molecular complexity index is 171. The van der Waals surface area contributed by atoms with Crippen molar-refractivity contribution < 1.29 is 18.1 Å². The molecule has 0 saturated carbocycles. The average Bonchev–Trinajstić information content (AvgIpc) is 1.55. The first-order valence-corrected chi connectivity index (χ1v) is 3.50. The lowest BCUT2D eigenvalue weighted by molar-refractivity contribution is -0.397. The maximum atomic E-state index is 10.4. The summed E-state index contributed by atoms with van der Waals surface area (Å²) in [6.07, 6.45) is 1.31. The second-order valence-electron chi connectivity index (χ2n) is 1.53. The van der Waals surface area contributed by atoms with Crippen molar-refractivity contribution in [1.29, 1.82) is 0 Å². The molecular weight excluding hydrogens is 131 g/mol. The maximum absolute atomic E-state index is 10.4. The molecule has 0 aromatic rings. The van der Waals surface area contributed by atoms with Gasteiger partial charge in [0.25, 0.3) is 0 Å². The van der Waals surface area contributed by atoms with E-state index >= 15 is 0 Å². The van der Waals surface area contributed by atoms with E-state index in [2.05, 4.69) is 20.2 Å². The lowest BCUT2D eigenvalue weighted by Gasteiger charge is -2.53. The minimum Gasteiger partial charge on any atom is -0.227 e. The van der Waals surface area contributed by atoms with Crippen LogP contribution in [0.5, 0.6) is 0 Å². The second kappa shape index (κ2) is 0.933. The third-order valence-electron chi connectivity index (χ3n) is 0.967. The zero-order valence-corrected chi connectivity index (χ0v) is 4.76. The summed E-state index contributed by atoms with van der Waals surface area (Å²) >= 11 is 0. The van der Waals surface area contributed by atoms with Crippen LogP contribution >= 0.6 is 7.82 Å². The normalized spacial score (nSPS) is 58.5. The first kappa shape index (κ1) is 4.70. The molecule has 0 unspecified atom stereocenters. The average molecular weight is 134 g/mol. The summed E-state index contributed by atoms with van der Waals surface area (Å²) in [4.78, 5) is 0. The molecule has 5 heteroatoms. The first-order chi connectivity index (χ1) is 3.68. The fourth-order valence-electron chi connectivity index (χ4n) is 0.600. The molecule has 0 spiro atoms. The highest BCUT2D eigenvalue weighted by molar-refractivity contribution is 7.51. The molecule has 4 nitrogen and oxygen atoms in total. The standard InChI is InChI=1S/C3H3O4P/c1-2-3-5-8(4,6-3)7-3/h2H,1H2. The number of phosphoric acid groups is 1. The van der Waals surface area contributed by atoms with E-state index in [1.54, 1.807) is 0 Å². The first-order valence-electron chi connectivity index (χ1n) is 2.04. The lowest BCUT2D eigenvalue weighted by Crippen LogP contribution is -2.55. The van der Waals surface area contributed by atoms with Crippen LogP contribution in [0.15, 0.2) is 12.7 Å². The Kier molecular flexibility index (Phi) is 0.549. The zero-order valence-electron chi connectivity index (χ0n) is 3.86. The van der Waals surface area contributed by atoms with Crippen molar-refractivity contribution in [2.45, 2.75) is 5.97 Å². The smallest absolute Gasteiger partial charge is 0.227 e. The zero-order chi connectivity index (χ0) is 5.83. The molecule has 3 aliphatic heterocycles. The van der Waals surface area contributed by atoms with Crippen LogP contribution in [0.3, 0.4) is 0 Å². The Hall–Kier alpha value is -0.150. The molecule has 0 atom stereocenters. The Balaban J connectivity index is 2.24. The molecule has 3 fully saturated rings. The van der Waals surface area contributed by atoms with Crippen LogP contribution in [0, 0.1) is 0 Å². The summed E-state index contributed by atoms with van der Waals surface area (Å²) in [5.41, 5.74) is 0. The third kappa shape index (κ3) is 0.317. The van der Waals surface area contributed by atoms with Crippen LogP contribution in [0.1, 0.15) is 0 Å². The van der Waals surface area contributed by atoms with Gasteiger partial charge in [-0.25, -0.2) is 18.1 Å². The highest BCUT2D eigenvalue weighted by Crippen LogP contribution is 2.80. The van der Waals surface area contributed by atoms with Gasteiger partial charge in [0.05, 0.1) is 0 Å². The Morgan fingerprint density at radius 1 is 1.50 bits per heavy atom. The molecule has 3 saturated heterocycles. The van der Waals surface area contributed by atoms with Crippen LogP contribution in [0.25, 0.3) is 0 Å². The van der Waals surface area contributed by atoms with Gasteiger partial charge in [-0.05, 0) is 6.08 Å². The van der Waals surface area contributed by atoms with E-state index in [1.807, 2.05) is 0 Å². The van der Waals surface area contributed by atoms with Gasteiger partial charge in [0.1, 0.15) is 0 Å². The van der Waals surface area contributed by atoms with Crippen molar-refractivity contribution in [3.8, 4) is 0 Å². The molecule has 0 aliphatic carbocycles. The quantitative estimate of drug-likeness (QED) is 0.396. The fourth-order valence-corrected chi connectivity index (χ4v) is 1.80. The summed E-state index contributed by atoms with van der Waals surface area (Å²) in [5, 5.41) is 0. The van der Waals surface area contributed by atoms with E-state index in [9.17, 15) is 4.57 Å². The van der Waals surface area contributed by atoms with Crippen molar-refractivity contribution >= 4 is 7.82 Å². The van der Waals surface area contributed by atoms with Crippen LogP contribution in [0.2, 0.25) is 0 Å². The molecule has 8 heavy (non-hydrogen) atoms. The predicted octanol–water partition coefficient (Wildman–Crippen LogP) is 1.01. The fraction of sp³-hybridized carbons (Fsp3) is 0.333. The molecule has 0 aromatic carbocycles. The van der Waals surface area contributed by atoms with Crippen molar-refractivity contribution in [3.63, 3.8) is 0 Å². The van der Waals surface area contributed by atoms with Gasteiger partial charge in [0.15, 0.2) is 0 Å². The maximum Gasteiger partial charge on any atom is 0.488 e. The molecule has 3 aliphatic rings. The molecule has 44 valence electrons. The van der Waals surface area contributed by atoms with E-state index in [1.165, 1.54) is 6.08 Å². The Labute approximate surface area is 45.7 Å². The molecule has 3 heterocycles. The molecule has 3 rings (SSSR count). The van der Waals surface area contributed by atoms with E-state index in [-0.39, 0.29) is 0 Å². The van der Waals surface area contributed by atoms with Crippen molar-refractivity contribution in [1.82, 2.24) is 0 Å². The van der Waals surface area contributed by atoms with E-state index in [0.717, 1.165) is 0 Å². The van der Waals surface area contributed by atoms with Crippen molar-refractivity contribution in [2.24, 2.45) is 0 Å². The van der Waals surface area contributed by atoms with Gasteiger partial charge in [-0.3, -0.25) is 0 Å². The largest absolute Gasteiger partial charge is 0.488 e. The SMILES string of the molecule is C=CC12OP(=O)(O1)O2. The molecular formula is C3H3O4P. The lowest BCUT2D eigenvalue weighted by atomic mass is 10.6. The van der Waals surface area contributed by atoms with Gasteiger partial charge in [0, 0.05) is 0 Å². The second-order valence-corrected chi connectivity index (χ2v) is 2.97. The monoisotopic (exact) mass is 134 g/mol. The topological polar surface area (TPSA) is 44.8 Å². The molecule has 0 amide bonds. The molecule has 2 bridgehead atoms. The third-order valence-corrected chi connectivity index (χ3v) is 2.40. The van der Waals surface area contributed by atoms with Crippen molar-refractivity contribution in [2.75, 3.05) is 0 Å². The Morgan fingerprint density at radius 2 is 2.00 bits per heavy atom. The summed E-state index contributed by atoms with van der Waals surface area (Å²) in [6.45, 7) is 3.33. The number of rotatable bonds is 1. The van der Waals surface area contributed by atoms with Gasteiger partial charge >= 0.3 is 13.8 Å². The van der Waals surface area contributed by atoms with E-state index in [0.29, 0.717) is 0 Å². The summed E-state index contributed by atoms with van der Waals surface area (Å²) in [6, 6.07) is 0. The summed E-state index contributed by atoms with van der Waals surface area (Å²) < 4.78 is 24.0. The van der Waals surface area contributed by atoms with Crippen LogP contribution in [-0.4, -0.2) is 5.97 Å². The number of hydrogen-bond acceptors (Lipinski definition) is 4. The molecule has 0 aromatic heterocycles. The van der Waals surface area contributed by atoms with E-state index < -0.39 is 13.8 Å². The minimum absolute atomic E-state index is 1.13. The number of phosphoric ester groups is 1. The van der Waals surface area contributed by atoms with Gasteiger partial charge < -0.3 is 0 Å². The highest BCUT2D eigenvalue weighted by atomic mass is 31.2. The minimum atomic E-state index is -2.98. The number of hydrogen-bond donors (Lipinski definition) is 0. The predicted molar refractivity (Wildman–Crippen MR) is 23.8 cm³/mol.